The van der Waals surface area contributed by atoms with Gasteiger partial charge >= 0.3 is 5.97 Å². The number of benzene rings is 1. The first kappa shape index (κ1) is 13.1. The van der Waals surface area contributed by atoms with E-state index in [2.05, 4.69) is 0 Å². The molecule has 1 aromatic carbocycles. The summed E-state index contributed by atoms with van der Waals surface area (Å²) in [5.74, 6) is -1.99. The second kappa shape index (κ2) is 4.91. The fourth-order valence-corrected chi connectivity index (χ4v) is 1.85. The molecule has 0 spiro atoms. The third-order valence-corrected chi connectivity index (χ3v) is 3.05. The molecule has 0 aliphatic rings. The van der Waals surface area contributed by atoms with Crippen molar-refractivity contribution < 1.29 is 14.7 Å². The second-order valence-electron chi connectivity index (χ2n) is 2.94. The Kier molecular flexibility index (Phi) is 4.02. The molecule has 3 N–H and O–H groups in total. The van der Waals surface area contributed by atoms with Gasteiger partial charge in [0.05, 0.1) is 20.6 Å². The smallest absolute Gasteiger partial charge is 0.311 e. The summed E-state index contributed by atoms with van der Waals surface area (Å²) in [6.07, 6.45) is -0.706. The predicted molar refractivity (Wildman–Crippen MR) is 62.5 cm³/mol. The zero-order chi connectivity index (χ0) is 12.5. The first-order valence-corrected chi connectivity index (χ1v) is 5.16. The number of rotatable bonds is 3. The maximum absolute atomic E-state index is 11.5. The lowest BCUT2D eigenvalue weighted by Gasteiger charge is -2.08. The molecule has 0 amide bonds. The number of hydrogen-bond acceptors (Lipinski definition) is 3. The summed E-state index contributed by atoms with van der Waals surface area (Å²) in [6, 6.07) is 1.25. The third kappa shape index (κ3) is 2.58. The Balaban J connectivity index is 3.29. The van der Waals surface area contributed by atoms with Gasteiger partial charge in [0.15, 0.2) is 5.78 Å². The van der Waals surface area contributed by atoms with Crippen LogP contribution >= 0.6 is 34.8 Å². The minimum atomic E-state index is -1.27. The van der Waals surface area contributed by atoms with Gasteiger partial charge in [-0.1, -0.05) is 34.8 Å². The van der Waals surface area contributed by atoms with Crippen LogP contribution in [0, 0.1) is 0 Å². The summed E-state index contributed by atoms with van der Waals surface area (Å²) in [6.45, 7) is 0. The Morgan fingerprint density at radius 3 is 2.31 bits per heavy atom. The fraction of sp³-hybridized carbons (Fsp3) is 0.111. The molecule has 0 fully saturated rings. The topological polar surface area (TPSA) is 80.4 Å². The minimum absolute atomic E-state index is 0.00523. The number of carboxylic acids is 1. The molecule has 0 unspecified atom stereocenters. The highest BCUT2D eigenvalue weighted by molar-refractivity contribution is 6.49. The summed E-state index contributed by atoms with van der Waals surface area (Å²) in [4.78, 5) is 21.9. The van der Waals surface area contributed by atoms with E-state index in [4.69, 9.17) is 45.6 Å². The van der Waals surface area contributed by atoms with Crippen LogP contribution in [0.4, 0.5) is 5.69 Å². The molecule has 0 radical (unpaired) electrons. The van der Waals surface area contributed by atoms with Crippen LogP contribution in [0.1, 0.15) is 16.8 Å². The minimum Gasteiger partial charge on any atom is -0.481 e. The highest BCUT2D eigenvalue weighted by Crippen LogP contribution is 2.36. The molecule has 7 heteroatoms. The monoisotopic (exact) mass is 281 g/mol. The number of Topliss-reactive ketones (excluding diaryl/α,β-unsaturated/α-hetero) is 1. The van der Waals surface area contributed by atoms with Gasteiger partial charge in [-0.05, 0) is 6.07 Å². The molecule has 0 bridgehead atoms. The van der Waals surface area contributed by atoms with Gasteiger partial charge in [0.2, 0.25) is 0 Å². The maximum Gasteiger partial charge on any atom is 0.311 e. The molecule has 0 atom stereocenters. The van der Waals surface area contributed by atoms with Crippen molar-refractivity contribution in [1.82, 2.24) is 0 Å². The molecule has 1 aromatic rings. The molecule has 0 aromatic heterocycles. The number of halogens is 3. The van der Waals surface area contributed by atoms with E-state index >= 15 is 0 Å². The van der Waals surface area contributed by atoms with Gasteiger partial charge in [-0.3, -0.25) is 9.59 Å². The number of carbonyl (C=O) groups excluding carboxylic acids is 1. The lowest BCUT2D eigenvalue weighted by molar-refractivity contribution is -0.135. The number of nitrogen functional groups attached to an aromatic ring is 1. The first-order valence-electron chi connectivity index (χ1n) is 4.02. The van der Waals surface area contributed by atoms with Gasteiger partial charge in [-0.2, -0.15) is 0 Å². The van der Waals surface area contributed by atoms with Crippen molar-refractivity contribution in [3.8, 4) is 0 Å². The molecule has 0 saturated carbocycles. The van der Waals surface area contributed by atoms with E-state index in [1.807, 2.05) is 0 Å². The van der Waals surface area contributed by atoms with Gasteiger partial charge in [0.25, 0.3) is 0 Å². The summed E-state index contributed by atoms with van der Waals surface area (Å²) in [5.41, 5.74) is 5.42. The van der Waals surface area contributed by atoms with Crippen molar-refractivity contribution in [2.24, 2.45) is 0 Å². The normalized spacial score (nSPS) is 10.2. The number of anilines is 1. The van der Waals surface area contributed by atoms with Crippen molar-refractivity contribution in [1.29, 1.82) is 0 Å². The highest BCUT2D eigenvalue weighted by atomic mass is 35.5. The summed E-state index contributed by atoms with van der Waals surface area (Å²) < 4.78 is 0. The standard InChI is InChI=1S/C9H6Cl3NO3/c10-3-1-4(13)7(9(12)8(3)11)5(14)2-6(15)16/h1H,2,13H2,(H,15,16). The van der Waals surface area contributed by atoms with Crippen molar-refractivity contribution in [3.05, 3.63) is 26.7 Å². The number of aliphatic carboxylic acids is 1. The number of nitrogens with two attached hydrogens (primary N) is 1. The predicted octanol–water partition coefficient (Wildman–Crippen LogP) is 2.89. The second-order valence-corrected chi connectivity index (χ2v) is 4.11. The van der Waals surface area contributed by atoms with Crippen molar-refractivity contribution in [3.63, 3.8) is 0 Å². The maximum atomic E-state index is 11.5. The van der Waals surface area contributed by atoms with Crippen LogP contribution in [-0.4, -0.2) is 16.9 Å². The molecular formula is C9H6Cl3NO3. The zero-order valence-electron chi connectivity index (χ0n) is 7.76. The summed E-state index contributed by atoms with van der Waals surface area (Å²) >= 11 is 17.2. The third-order valence-electron chi connectivity index (χ3n) is 1.78. The number of carboxylic acid groups (broad SMARTS) is 1. The molecule has 0 saturated heterocycles. The Labute approximate surface area is 106 Å². The lowest BCUT2D eigenvalue weighted by atomic mass is 10.1. The Hall–Kier alpha value is -0.970. The molecule has 0 aliphatic carbocycles. The first-order chi connectivity index (χ1) is 7.34. The van der Waals surface area contributed by atoms with Crippen LogP contribution in [0.2, 0.25) is 15.1 Å². The van der Waals surface area contributed by atoms with Crippen LogP contribution in [-0.2, 0) is 4.79 Å². The summed E-state index contributed by atoms with van der Waals surface area (Å²) in [7, 11) is 0. The van der Waals surface area contributed by atoms with E-state index in [0.29, 0.717) is 0 Å². The molecule has 86 valence electrons. The molecule has 4 nitrogen and oxygen atoms in total. The van der Waals surface area contributed by atoms with E-state index < -0.39 is 18.2 Å². The van der Waals surface area contributed by atoms with Crippen molar-refractivity contribution >= 4 is 52.2 Å². The van der Waals surface area contributed by atoms with E-state index in [9.17, 15) is 9.59 Å². The van der Waals surface area contributed by atoms with Crippen LogP contribution < -0.4 is 5.73 Å². The molecule has 16 heavy (non-hydrogen) atoms. The van der Waals surface area contributed by atoms with Crippen LogP contribution in [0.5, 0.6) is 0 Å². The number of ketones is 1. The van der Waals surface area contributed by atoms with Crippen LogP contribution in [0.15, 0.2) is 6.07 Å². The van der Waals surface area contributed by atoms with Crippen LogP contribution in [0.25, 0.3) is 0 Å². The van der Waals surface area contributed by atoms with Gasteiger partial charge in [-0.25, -0.2) is 0 Å². The van der Waals surface area contributed by atoms with Crippen molar-refractivity contribution in [2.75, 3.05) is 5.73 Å². The summed E-state index contributed by atoms with van der Waals surface area (Å²) in [5, 5.41) is 8.45. The van der Waals surface area contributed by atoms with E-state index in [1.54, 1.807) is 0 Å². The zero-order valence-corrected chi connectivity index (χ0v) is 10.0. The van der Waals surface area contributed by atoms with E-state index in [0.717, 1.165) is 0 Å². The molecular weight excluding hydrogens is 276 g/mol. The lowest BCUT2D eigenvalue weighted by Crippen LogP contribution is -2.10. The van der Waals surface area contributed by atoms with E-state index in [-0.39, 0.29) is 26.3 Å². The van der Waals surface area contributed by atoms with Gasteiger partial charge in [0, 0.05) is 5.69 Å². The Morgan fingerprint density at radius 1 is 1.25 bits per heavy atom. The van der Waals surface area contributed by atoms with Crippen LogP contribution in [0.3, 0.4) is 0 Å². The van der Waals surface area contributed by atoms with Gasteiger partial charge in [-0.15, -0.1) is 0 Å². The average molecular weight is 283 g/mol. The number of carbonyl (C=O) groups is 2. The largest absolute Gasteiger partial charge is 0.481 e. The highest BCUT2D eigenvalue weighted by Gasteiger charge is 2.20. The average Bonchev–Trinajstić information content (AvgIpc) is 2.13. The molecule has 1 rings (SSSR count). The Morgan fingerprint density at radius 2 is 1.81 bits per heavy atom. The van der Waals surface area contributed by atoms with Crippen molar-refractivity contribution in [2.45, 2.75) is 6.42 Å². The SMILES string of the molecule is Nc1cc(Cl)c(Cl)c(Cl)c1C(=O)CC(=O)O. The molecule has 0 heterocycles. The number of hydrogen-bond donors (Lipinski definition) is 2. The van der Waals surface area contributed by atoms with Gasteiger partial charge < -0.3 is 10.8 Å². The molecule has 0 aliphatic heterocycles. The Bertz CT molecular complexity index is 474. The quantitative estimate of drug-likeness (QED) is 0.386. The fourth-order valence-electron chi connectivity index (χ4n) is 1.12. The van der Waals surface area contributed by atoms with E-state index in [1.165, 1.54) is 6.07 Å². The van der Waals surface area contributed by atoms with Gasteiger partial charge in [0.1, 0.15) is 6.42 Å².